The number of benzene rings is 2. The second-order valence-electron chi connectivity index (χ2n) is 4.84. The molecule has 2 aromatic rings. The fraction of sp³-hybridized carbons (Fsp3) is 0.188. The van der Waals surface area contributed by atoms with E-state index in [1.54, 1.807) is 19.1 Å². The number of anilines is 2. The molecule has 0 aliphatic rings. The Morgan fingerprint density at radius 3 is 1.95 bits per heavy atom. The summed E-state index contributed by atoms with van der Waals surface area (Å²) in [7, 11) is 0. The number of thiocarbonyl (C=S) groups is 1. The minimum absolute atomic E-state index is 0.246. The summed E-state index contributed by atoms with van der Waals surface area (Å²) < 4.78 is 13.5. The Bertz CT molecular complexity index is 597. The van der Waals surface area contributed by atoms with Gasteiger partial charge in [-0.3, -0.25) is 0 Å². The van der Waals surface area contributed by atoms with Gasteiger partial charge in [0.05, 0.1) is 0 Å². The van der Waals surface area contributed by atoms with Crippen LogP contribution in [-0.4, -0.2) is 5.11 Å². The Morgan fingerprint density at radius 1 is 0.850 bits per heavy atom. The van der Waals surface area contributed by atoms with E-state index >= 15 is 0 Å². The van der Waals surface area contributed by atoms with E-state index in [9.17, 15) is 4.39 Å². The molecule has 0 saturated carbocycles. The summed E-state index contributed by atoms with van der Waals surface area (Å²) in [6.45, 7) is 5.84. The molecule has 0 unspecified atom stereocenters. The predicted molar refractivity (Wildman–Crippen MR) is 86.9 cm³/mol. The first-order chi connectivity index (χ1) is 9.45. The Labute approximate surface area is 124 Å². The summed E-state index contributed by atoms with van der Waals surface area (Å²) >= 11 is 5.23. The minimum Gasteiger partial charge on any atom is -0.332 e. The zero-order valence-electron chi connectivity index (χ0n) is 11.8. The molecule has 0 spiro atoms. The number of nitrogens with one attached hydrogen (secondary N) is 2. The summed E-state index contributed by atoms with van der Waals surface area (Å²) in [5, 5.41) is 6.50. The van der Waals surface area contributed by atoms with Crippen LogP contribution in [-0.2, 0) is 0 Å². The van der Waals surface area contributed by atoms with Gasteiger partial charge in [0.25, 0.3) is 0 Å². The summed E-state index contributed by atoms with van der Waals surface area (Å²) in [4.78, 5) is 0. The van der Waals surface area contributed by atoms with Gasteiger partial charge in [-0.2, -0.15) is 0 Å². The van der Waals surface area contributed by atoms with Gasteiger partial charge in [-0.25, -0.2) is 4.39 Å². The molecule has 0 fully saturated rings. The van der Waals surface area contributed by atoms with Crippen LogP contribution in [0.25, 0.3) is 0 Å². The van der Waals surface area contributed by atoms with Crippen molar-refractivity contribution in [3.8, 4) is 0 Å². The van der Waals surface area contributed by atoms with E-state index in [0.29, 0.717) is 16.4 Å². The number of hydrogen-bond donors (Lipinski definition) is 2. The first-order valence-corrected chi connectivity index (χ1v) is 6.78. The molecule has 0 saturated heterocycles. The van der Waals surface area contributed by atoms with Crippen molar-refractivity contribution in [3.05, 3.63) is 58.9 Å². The maximum atomic E-state index is 13.5. The first-order valence-electron chi connectivity index (χ1n) is 6.37. The van der Waals surface area contributed by atoms with Crippen molar-refractivity contribution < 1.29 is 4.39 Å². The quantitative estimate of drug-likeness (QED) is 0.792. The van der Waals surface area contributed by atoms with Crippen molar-refractivity contribution >= 4 is 28.7 Å². The monoisotopic (exact) mass is 288 g/mol. The van der Waals surface area contributed by atoms with E-state index in [1.165, 1.54) is 17.2 Å². The fourth-order valence-corrected chi connectivity index (χ4v) is 2.02. The summed E-state index contributed by atoms with van der Waals surface area (Å²) in [6.07, 6.45) is 0. The van der Waals surface area contributed by atoms with Gasteiger partial charge in [0.2, 0.25) is 0 Å². The highest BCUT2D eigenvalue weighted by Crippen LogP contribution is 2.16. The highest BCUT2D eigenvalue weighted by atomic mass is 32.1. The molecule has 2 aromatic carbocycles. The maximum absolute atomic E-state index is 13.5. The van der Waals surface area contributed by atoms with Gasteiger partial charge >= 0.3 is 0 Å². The molecule has 0 aliphatic carbocycles. The first kappa shape index (κ1) is 14.5. The van der Waals surface area contributed by atoms with Crippen molar-refractivity contribution in [2.24, 2.45) is 0 Å². The Morgan fingerprint density at radius 2 is 1.40 bits per heavy atom. The average Bonchev–Trinajstić information content (AvgIpc) is 2.38. The summed E-state index contributed by atoms with van der Waals surface area (Å²) in [5.74, 6) is -0.246. The van der Waals surface area contributed by atoms with Crippen LogP contribution < -0.4 is 10.6 Å². The molecule has 0 atom stereocenters. The number of hydrogen-bond acceptors (Lipinski definition) is 1. The molecule has 0 radical (unpaired) electrons. The summed E-state index contributed by atoms with van der Waals surface area (Å²) in [5.41, 5.74) is 4.59. The number of halogens is 1. The molecule has 0 aromatic heterocycles. The van der Waals surface area contributed by atoms with Crippen molar-refractivity contribution in [1.29, 1.82) is 0 Å². The molecule has 2 nitrogen and oxygen atoms in total. The third-order valence-corrected chi connectivity index (χ3v) is 3.40. The van der Waals surface area contributed by atoms with Gasteiger partial charge in [0, 0.05) is 11.4 Å². The molecule has 2 N–H and O–H groups in total. The molecule has 0 bridgehead atoms. The van der Waals surface area contributed by atoms with Crippen LogP contribution in [0.15, 0.2) is 36.4 Å². The lowest BCUT2D eigenvalue weighted by atomic mass is 10.1. The Balaban J connectivity index is 2.04. The zero-order chi connectivity index (χ0) is 14.7. The third kappa shape index (κ3) is 3.54. The zero-order valence-corrected chi connectivity index (χ0v) is 12.6. The van der Waals surface area contributed by atoms with Gasteiger partial charge in [-0.1, -0.05) is 12.1 Å². The van der Waals surface area contributed by atoms with Crippen LogP contribution in [0.1, 0.15) is 16.7 Å². The fourth-order valence-electron chi connectivity index (χ4n) is 1.78. The van der Waals surface area contributed by atoms with Crippen LogP contribution in [0.2, 0.25) is 0 Å². The van der Waals surface area contributed by atoms with E-state index < -0.39 is 0 Å². The minimum atomic E-state index is -0.246. The topological polar surface area (TPSA) is 24.1 Å². The lowest BCUT2D eigenvalue weighted by molar-refractivity contribution is 0.619. The van der Waals surface area contributed by atoms with Crippen LogP contribution >= 0.6 is 12.2 Å². The standard InChI is InChI=1S/C16H17FN2S/c1-10-4-6-13(8-12(10)3)18-16(20)19-14-7-5-11(2)15(17)9-14/h4-9H,1-3H3,(H2,18,19,20). The average molecular weight is 288 g/mol. The molecule has 0 aliphatic heterocycles. The Hall–Kier alpha value is -1.94. The highest BCUT2D eigenvalue weighted by Gasteiger charge is 2.03. The van der Waals surface area contributed by atoms with Crippen LogP contribution in [0, 0.1) is 26.6 Å². The lowest BCUT2D eigenvalue weighted by Crippen LogP contribution is -2.19. The Kier molecular flexibility index (Phi) is 4.35. The molecule has 4 heteroatoms. The highest BCUT2D eigenvalue weighted by molar-refractivity contribution is 7.80. The second-order valence-corrected chi connectivity index (χ2v) is 5.25. The molecule has 104 valence electrons. The van der Waals surface area contributed by atoms with Gasteiger partial charge in [-0.05, 0) is 73.9 Å². The van der Waals surface area contributed by atoms with Gasteiger partial charge in [0.15, 0.2) is 5.11 Å². The molecule has 2 rings (SSSR count). The van der Waals surface area contributed by atoms with Crippen LogP contribution in [0.5, 0.6) is 0 Å². The molecular formula is C16H17FN2S. The summed E-state index contributed by atoms with van der Waals surface area (Å²) in [6, 6.07) is 11.0. The van der Waals surface area contributed by atoms with Crippen molar-refractivity contribution in [3.63, 3.8) is 0 Å². The van der Waals surface area contributed by atoms with E-state index in [2.05, 4.69) is 17.6 Å². The van der Waals surface area contributed by atoms with Gasteiger partial charge < -0.3 is 10.6 Å². The number of rotatable bonds is 2. The smallest absolute Gasteiger partial charge is 0.175 e. The predicted octanol–water partition coefficient (Wildman–Crippen LogP) is 4.56. The van der Waals surface area contributed by atoms with Crippen molar-refractivity contribution in [1.82, 2.24) is 0 Å². The molecule has 20 heavy (non-hydrogen) atoms. The number of aryl methyl sites for hydroxylation is 3. The molecule has 0 heterocycles. The molecular weight excluding hydrogens is 271 g/mol. The third-order valence-electron chi connectivity index (χ3n) is 3.19. The lowest BCUT2D eigenvalue weighted by Gasteiger charge is -2.12. The van der Waals surface area contributed by atoms with Crippen LogP contribution in [0.4, 0.5) is 15.8 Å². The van der Waals surface area contributed by atoms with E-state index in [-0.39, 0.29) is 5.82 Å². The maximum Gasteiger partial charge on any atom is 0.175 e. The van der Waals surface area contributed by atoms with Crippen LogP contribution in [0.3, 0.4) is 0 Å². The van der Waals surface area contributed by atoms with Crippen molar-refractivity contribution in [2.75, 3.05) is 10.6 Å². The van der Waals surface area contributed by atoms with Gasteiger partial charge in [0.1, 0.15) is 5.82 Å². The SMILES string of the molecule is Cc1ccc(NC(=S)Nc2ccc(C)c(F)c2)cc1C. The largest absolute Gasteiger partial charge is 0.332 e. The second kappa shape index (κ2) is 6.01. The van der Waals surface area contributed by atoms with E-state index in [4.69, 9.17) is 12.2 Å². The van der Waals surface area contributed by atoms with E-state index in [0.717, 1.165) is 5.69 Å². The van der Waals surface area contributed by atoms with Gasteiger partial charge in [-0.15, -0.1) is 0 Å². The van der Waals surface area contributed by atoms with E-state index in [1.807, 2.05) is 25.1 Å². The van der Waals surface area contributed by atoms with Crippen molar-refractivity contribution in [2.45, 2.75) is 20.8 Å². The molecule has 0 amide bonds. The normalized spacial score (nSPS) is 10.2.